The molecule has 0 aromatic heterocycles. The molecule has 0 radical (unpaired) electrons. The van der Waals surface area contributed by atoms with E-state index in [0.717, 1.165) is 0 Å². The zero-order valence-corrected chi connectivity index (χ0v) is 12.5. The smallest absolute Gasteiger partial charge is 0.247 e. The van der Waals surface area contributed by atoms with Crippen molar-refractivity contribution in [1.29, 1.82) is 0 Å². The van der Waals surface area contributed by atoms with Crippen LogP contribution in [0.1, 0.15) is 34.1 Å². The number of β-amino-alcohol motifs (C(OH)–C–C–N with tert-alkyl or cyclic N) is 1. The van der Waals surface area contributed by atoms with Crippen molar-refractivity contribution in [3.05, 3.63) is 0 Å². The van der Waals surface area contributed by atoms with E-state index < -0.39 is 23.7 Å². The van der Waals surface area contributed by atoms with Gasteiger partial charge in [0.25, 0.3) is 0 Å². The Morgan fingerprint density at radius 3 is 2.20 bits per heavy atom. The van der Waals surface area contributed by atoms with E-state index in [1.54, 1.807) is 0 Å². The topological polar surface area (TPSA) is 113 Å². The molecule has 1 saturated heterocycles. The van der Waals surface area contributed by atoms with Gasteiger partial charge in [-0.2, -0.15) is 0 Å². The number of likely N-dealkylation sites (tertiary alicyclic amines) is 1. The normalized spacial score (nSPS) is 23.6. The Balaban J connectivity index is 0.00000172. The number of hydrogen-bond donors (Lipinski definition) is 3. The van der Waals surface area contributed by atoms with E-state index in [2.05, 4.69) is 5.32 Å². The Kier molecular flexibility index (Phi) is 6.81. The van der Waals surface area contributed by atoms with Gasteiger partial charge in [-0.15, -0.1) is 0 Å². The second kappa shape index (κ2) is 7.35. The summed E-state index contributed by atoms with van der Waals surface area (Å²) in [5.41, 5.74) is 5.41. The quantitative estimate of drug-likeness (QED) is 0.617. The van der Waals surface area contributed by atoms with Gasteiger partial charge >= 0.3 is 0 Å². The molecule has 7 nitrogen and oxygen atoms in total. The highest BCUT2D eigenvalue weighted by Gasteiger charge is 2.40. The summed E-state index contributed by atoms with van der Waals surface area (Å²) in [5.74, 6) is -0.488. The summed E-state index contributed by atoms with van der Waals surface area (Å²) >= 11 is 0. The van der Waals surface area contributed by atoms with Gasteiger partial charge in [0.05, 0.1) is 12.3 Å². The van der Waals surface area contributed by atoms with Crippen LogP contribution >= 0.6 is 0 Å². The molecule has 1 aliphatic rings. The lowest BCUT2D eigenvalue weighted by Crippen LogP contribution is -2.56. The van der Waals surface area contributed by atoms with Crippen LogP contribution in [0.4, 0.5) is 0 Å². The Bertz CT molecular complexity index is 354. The van der Waals surface area contributed by atoms with E-state index in [0.29, 0.717) is 6.42 Å². The first-order valence-corrected chi connectivity index (χ1v) is 6.43. The average molecular weight is 287 g/mol. The molecule has 0 aromatic rings. The second-order valence-corrected chi connectivity index (χ2v) is 5.95. The number of carbonyl (C=O) groups is 3. The molecule has 1 heterocycles. The van der Waals surface area contributed by atoms with Crippen LogP contribution in [0.3, 0.4) is 0 Å². The predicted octanol–water partition coefficient (Wildman–Crippen LogP) is -0.770. The number of nitrogens with two attached hydrogens (primary N) is 1. The van der Waals surface area contributed by atoms with Crippen LogP contribution in [0.25, 0.3) is 0 Å². The molecule has 2 amide bonds. The minimum atomic E-state index is -0.633. The van der Waals surface area contributed by atoms with Crippen LogP contribution in [0, 0.1) is 5.41 Å². The third kappa shape index (κ3) is 4.90. The lowest BCUT2D eigenvalue weighted by Gasteiger charge is -2.34. The van der Waals surface area contributed by atoms with E-state index >= 15 is 0 Å². The fourth-order valence-electron chi connectivity index (χ4n) is 2.11. The molecule has 20 heavy (non-hydrogen) atoms. The highest BCUT2D eigenvalue weighted by Crippen LogP contribution is 2.24. The van der Waals surface area contributed by atoms with Gasteiger partial charge in [-0.1, -0.05) is 20.8 Å². The maximum absolute atomic E-state index is 12.4. The van der Waals surface area contributed by atoms with Gasteiger partial charge in [-0.3, -0.25) is 9.59 Å². The lowest BCUT2D eigenvalue weighted by molar-refractivity contribution is -0.140. The van der Waals surface area contributed by atoms with E-state index in [1.807, 2.05) is 27.6 Å². The highest BCUT2D eigenvalue weighted by molar-refractivity contribution is 5.88. The fraction of sp³-hybridized carbons (Fsp3) is 0.769. The third-order valence-electron chi connectivity index (χ3n) is 3.06. The minimum absolute atomic E-state index is 0.228. The third-order valence-corrected chi connectivity index (χ3v) is 3.06. The molecule has 7 heteroatoms. The van der Waals surface area contributed by atoms with Crippen LogP contribution < -0.4 is 11.1 Å². The number of nitrogens with one attached hydrogen (secondary N) is 1. The highest BCUT2D eigenvalue weighted by atomic mass is 16.3. The number of hydrogen-bond acceptors (Lipinski definition) is 5. The summed E-state index contributed by atoms with van der Waals surface area (Å²) < 4.78 is 0. The van der Waals surface area contributed by atoms with Crippen molar-refractivity contribution in [2.24, 2.45) is 11.1 Å². The van der Waals surface area contributed by atoms with E-state index in [-0.39, 0.29) is 18.4 Å². The van der Waals surface area contributed by atoms with Gasteiger partial charge in [-0.25, -0.2) is 0 Å². The number of aliphatic hydroxyl groups is 1. The lowest BCUT2D eigenvalue weighted by atomic mass is 9.85. The first-order valence-electron chi connectivity index (χ1n) is 6.43. The fourth-order valence-corrected chi connectivity index (χ4v) is 2.11. The largest absolute Gasteiger partial charge is 0.391 e. The van der Waals surface area contributed by atoms with Crippen LogP contribution in [0.5, 0.6) is 0 Å². The van der Waals surface area contributed by atoms with E-state index in [4.69, 9.17) is 10.5 Å². The Morgan fingerprint density at radius 1 is 1.40 bits per heavy atom. The first kappa shape index (κ1) is 18.5. The SMILES string of the molecule is C=O.CC(=O)NC(C(=O)N1CC(O)CC1N)C(C)(C)C. The van der Waals surface area contributed by atoms with Gasteiger partial charge < -0.3 is 25.9 Å². The van der Waals surface area contributed by atoms with Gasteiger partial charge in [-0.05, 0) is 5.41 Å². The standard InChI is InChI=1S/C12H23N3O3.CH2O/c1-7(16)14-10(12(2,3)4)11(18)15-6-8(17)5-9(15)13;1-2/h8-10,17H,5-6,13H2,1-4H3,(H,14,16);1H2. The van der Waals surface area contributed by atoms with Crippen molar-refractivity contribution in [2.75, 3.05) is 6.54 Å². The maximum atomic E-state index is 12.4. The number of nitrogens with zero attached hydrogens (tertiary/aromatic N) is 1. The van der Waals surface area contributed by atoms with Crippen molar-refractivity contribution < 1.29 is 19.5 Å². The summed E-state index contributed by atoms with van der Waals surface area (Å²) in [4.78, 5) is 33.0. The molecule has 1 fully saturated rings. The molecule has 4 N–H and O–H groups in total. The first-order chi connectivity index (χ1) is 9.12. The van der Waals surface area contributed by atoms with Gasteiger partial charge in [0.2, 0.25) is 11.8 Å². The Labute approximate surface area is 119 Å². The van der Waals surface area contributed by atoms with Gasteiger partial charge in [0.15, 0.2) is 0 Å². The summed E-state index contributed by atoms with van der Waals surface area (Å²) in [6.07, 6.45) is -0.684. The van der Waals surface area contributed by atoms with Crippen molar-refractivity contribution >= 4 is 18.6 Å². The molecule has 3 atom stereocenters. The number of amides is 2. The summed E-state index contributed by atoms with van der Waals surface area (Å²) in [6.45, 7) is 9.24. The van der Waals surface area contributed by atoms with Crippen LogP contribution in [0.15, 0.2) is 0 Å². The molecule has 0 spiro atoms. The van der Waals surface area contributed by atoms with Crippen LogP contribution in [0.2, 0.25) is 0 Å². The molecule has 1 aliphatic heterocycles. The zero-order chi connectivity index (χ0) is 16.1. The molecule has 1 rings (SSSR count). The average Bonchev–Trinajstić information content (AvgIpc) is 2.65. The Morgan fingerprint density at radius 2 is 1.90 bits per heavy atom. The summed E-state index contributed by atoms with van der Waals surface area (Å²) in [6, 6.07) is -0.633. The molecule has 0 saturated carbocycles. The number of aliphatic hydroxyl groups excluding tert-OH is 1. The maximum Gasteiger partial charge on any atom is 0.247 e. The van der Waals surface area contributed by atoms with Crippen molar-refractivity contribution in [2.45, 2.75) is 52.4 Å². The molecular weight excluding hydrogens is 262 g/mol. The number of carbonyl (C=O) groups excluding carboxylic acids is 3. The predicted molar refractivity (Wildman–Crippen MR) is 74.5 cm³/mol. The van der Waals surface area contributed by atoms with Crippen molar-refractivity contribution in [3.63, 3.8) is 0 Å². The van der Waals surface area contributed by atoms with Crippen LogP contribution in [-0.2, 0) is 14.4 Å². The van der Waals surface area contributed by atoms with Crippen molar-refractivity contribution in [1.82, 2.24) is 10.2 Å². The zero-order valence-electron chi connectivity index (χ0n) is 12.5. The van der Waals surface area contributed by atoms with E-state index in [1.165, 1.54) is 11.8 Å². The molecule has 3 unspecified atom stereocenters. The Hall–Kier alpha value is -1.47. The molecule has 0 bridgehead atoms. The summed E-state index contributed by atoms with van der Waals surface area (Å²) in [5, 5.41) is 12.2. The minimum Gasteiger partial charge on any atom is -0.391 e. The molecule has 116 valence electrons. The monoisotopic (exact) mass is 287 g/mol. The van der Waals surface area contributed by atoms with Gasteiger partial charge in [0, 0.05) is 19.9 Å². The second-order valence-electron chi connectivity index (χ2n) is 5.95. The molecule has 0 aromatic carbocycles. The van der Waals surface area contributed by atoms with Gasteiger partial charge in [0.1, 0.15) is 12.8 Å². The van der Waals surface area contributed by atoms with Crippen LogP contribution in [-0.4, -0.2) is 53.5 Å². The summed E-state index contributed by atoms with van der Waals surface area (Å²) in [7, 11) is 0. The molecule has 0 aliphatic carbocycles. The van der Waals surface area contributed by atoms with E-state index in [9.17, 15) is 14.7 Å². The van der Waals surface area contributed by atoms with Crippen molar-refractivity contribution in [3.8, 4) is 0 Å². The number of rotatable bonds is 2. The molecular formula is C13H25N3O4.